The van der Waals surface area contributed by atoms with Crippen molar-refractivity contribution in [3.63, 3.8) is 0 Å². The van der Waals surface area contributed by atoms with Crippen LogP contribution < -0.4 is 14.9 Å². The normalized spacial score (nSPS) is 16.3. The summed E-state index contributed by atoms with van der Waals surface area (Å²) in [6.45, 7) is 6.48. The summed E-state index contributed by atoms with van der Waals surface area (Å²) in [6, 6.07) is 13.5. The molecule has 1 atom stereocenters. The summed E-state index contributed by atoms with van der Waals surface area (Å²) in [5.74, 6) is 0.813. The Morgan fingerprint density at radius 2 is 2.03 bits per heavy atom. The molecule has 4 rings (SSSR count). The number of para-hydroxylation sites is 1. The van der Waals surface area contributed by atoms with Crippen molar-refractivity contribution in [2.45, 2.75) is 32.3 Å². The van der Waals surface area contributed by atoms with E-state index in [9.17, 15) is 4.79 Å². The van der Waals surface area contributed by atoms with E-state index in [-0.39, 0.29) is 17.9 Å². The van der Waals surface area contributed by atoms with Gasteiger partial charge in [-0.15, -0.1) is 0 Å². The number of carbonyl (C=O) groups is 1. The summed E-state index contributed by atoms with van der Waals surface area (Å²) in [7, 11) is 0. The number of hydrogen-bond donors (Lipinski definition) is 2. The second kappa shape index (κ2) is 7.44. The third-order valence-corrected chi connectivity index (χ3v) is 5.13. The second-order valence-electron chi connectivity index (χ2n) is 7.96. The zero-order chi connectivity index (χ0) is 20.6. The fourth-order valence-corrected chi connectivity index (χ4v) is 3.41. The van der Waals surface area contributed by atoms with E-state index in [0.29, 0.717) is 22.2 Å². The topological polar surface area (TPSA) is 75.7 Å². The highest BCUT2D eigenvalue weighted by Gasteiger charge is 2.28. The van der Waals surface area contributed by atoms with E-state index < -0.39 is 6.10 Å². The lowest BCUT2D eigenvalue weighted by atomic mass is 9.87. The molecule has 7 heteroatoms. The number of ether oxygens (including phenoxy) is 2. The summed E-state index contributed by atoms with van der Waals surface area (Å²) in [4.78, 5) is 15.6. The molecule has 6 nitrogen and oxygen atoms in total. The molecule has 0 unspecified atom stereocenters. The molecule has 3 aromatic rings. The second-order valence-corrected chi connectivity index (χ2v) is 8.34. The van der Waals surface area contributed by atoms with Crippen LogP contribution in [-0.4, -0.2) is 29.8 Å². The Labute approximate surface area is 173 Å². The van der Waals surface area contributed by atoms with Gasteiger partial charge in [0.05, 0.1) is 6.21 Å². The number of hydrogen-bond acceptors (Lipinski definition) is 4. The number of amides is 1. The molecule has 2 heterocycles. The van der Waals surface area contributed by atoms with Crippen LogP contribution >= 0.6 is 11.6 Å². The van der Waals surface area contributed by atoms with Crippen molar-refractivity contribution in [2.75, 3.05) is 6.61 Å². The maximum atomic E-state index is 12.5. The van der Waals surface area contributed by atoms with Crippen LogP contribution in [0.4, 0.5) is 0 Å². The molecule has 0 saturated carbocycles. The van der Waals surface area contributed by atoms with Crippen molar-refractivity contribution < 1.29 is 14.3 Å². The summed E-state index contributed by atoms with van der Waals surface area (Å²) in [5.41, 5.74) is 5.20. The largest absolute Gasteiger partial charge is 0.485 e. The highest BCUT2D eigenvalue weighted by molar-refractivity contribution is 6.34. The molecule has 0 radical (unpaired) electrons. The molecule has 150 valence electrons. The van der Waals surface area contributed by atoms with Gasteiger partial charge in [-0.3, -0.25) is 4.79 Å². The minimum absolute atomic E-state index is 0.0313. The Kier molecular flexibility index (Phi) is 4.96. The molecular formula is C22H22ClN3O3. The average molecular weight is 412 g/mol. The number of nitrogens with zero attached hydrogens (tertiary/aromatic N) is 1. The lowest BCUT2D eigenvalue weighted by molar-refractivity contribution is -0.130. The summed E-state index contributed by atoms with van der Waals surface area (Å²) in [6.07, 6.45) is 0.738. The van der Waals surface area contributed by atoms with E-state index >= 15 is 0 Å². The first-order chi connectivity index (χ1) is 13.8. The van der Waals surface area contributed by atoms with E-state index in [1.165, 1.54) is 6.21 Å². The van der Waals surface area contributed by atoms with E-state index in [1.807, 2.05) is 42.5 Å². The van der Waals surface area contributed by atoms with Gasteiger partial charge in [0.1, 0.15) is 11.8 Å². The molecule has 1 amide bonds. The molecule has 2 N–H and O–H groups in total. The Bertz CT molecular complexity index is 1100. The third kappa shape index (κ3) is 3.93. The number of halogens is 1. The molecule has 1 aromatic heterocycles. The van der Waals surface area contributed by atoms with E-state index in [2.05, 4.69) is 36.3 Å². The SMILES string of the molecule is CC(C)(C)c1ccc2c(c1)O[C@@H](C(=O)N/N=C/c1c(Cl)[nH]c3ccccc13)CO2. The fourth-order valence-electron chi connectivity index (χ4n) is 3.16. The molecule has 29 heavy (non-hydrogen) atoms. The van der Waals surface area contributed by atoms with Gasteiger partial charge < -0.3 is 14.5 Å². The van der Waals surface area contributed by atoms with Gasteiger partial charge in [-0.2, -0.15) is 5.10 Å². The summed E-state index contributed by atoms with van der Waals surface area (Å²) >= 11 is 6.24. The Morgan fingerprint density at radius 1 is 1.24 bits per heavy atom. The van der Waals surface area contributed by atoms with Gasteiger partial charge in [0.25, 0.3) is 5.91 Å². The van der Waals surface area contributed by atoms with E-state index in [1.54, 1.807) is 0 Å². The van der Waals surface area contributed by atoms with Gasteiger partial charge in [0.15, 0.2) is 11.5 Å². The molecule has 2 aromatic carbocycles. The number of fused-ring (bicyclic) bond motifs is 2. The number of benzene rings is 2. The van der Waals surface area contributed by atoms with Gasteiger partial charge in [-0.1, -0.05) is 56.6 Å². The number of rotatable bonds is 3. The minimum atomic E-state index is -0.784. The van der Waals surface area contributed by atoms with Gasteiger partial charge in [0, 0.05) is 16.5 Å². The third-order valence-electron chi connectivity index (χ3n) is 4.83. The summed E-state index contributed by atoms with van der Waals surface area (Å²) in [5, 5.41) is 5.44. The molecule has 0 saturated heterocycles. The van der Waals surface area contributed by atoms with Crippen molar-refractivity contribution in [3.05, 3.63) is 58.7 Å². The standard InChI is InChI=1S/C22H22ClN3O3/c1-22(2,3)13-8-9-17-18(10-13)29-19(12-28-17)21(27)26-24-11-15-14-6-4-5-7-16(14)25-20(15)23/h4-11,19,25H,12H2,1-3H3,(H,26,27)/b24-11+/t19-/m1/s1. The maximum absolute atomic E-state index is 12.5. The van der Waals surface area contributed by atoms with Crippen LogP contribution in [0.1, 0.15) is 31.9 Å². The van der Waals surface area contributed by atoms with Crippen LogP contribution in [0.15, 0.2) is 47.6 Å². The van der Waals surface area contributed by atoms with E-state index in [4.69, 9.17) is 21.1 Å². The zero-order valence-corrected chi connectivity index (χ0v) is 17.2. The van der Waals surface area contributed by atoms with Crippen molar-refractivity contribution in [2.24, 2.45) is 5.10 Å². The molecule has 0 spiro atoms. The monoisotopic (exact) mass is 411 g/mol. The first-order valence-corrected chi connectivity index (χ1v) is 9.74. The summed E-state index contributed by atoms with van der Waals surface area (Å²) < 4.78 is 11.6. The van der Waals surface area contributed by atoms with Crippen LogP contribution in [-0.2, 0) is 10.2 Å². The first-order valence-electron chi connectivity index (χ1n) is 9.36. The molecule has 1 aliphatic heterocycles. The van der Waals surface area contributed by atoms with Crippen LogP contribution in [0.5, 0.6) is 11.5 Å². The number of nitrogens with one attached hydrogen (secondary N) is 2. The Balaban J connectivity index is 1.46. The van der Waals surface area contributed by atoms with Gasteiger partial charge in [0.2, 0.25) is 6.10 Å². The van der Waals surface area contributed by atoms with Crippen LogP contribution in [0.25, 0.3) is 10.9 Å². The fraction of sp³-hybridized carbons (Fsp3) is 0.273. The molecule has 0 bridgehead atoms. The molecule has 0 aliphatic carbocycles. The van der Waals surface area contributed by atoms with Crippen LogP contribution in [0.3, 0.4) is 0 Å². The quantitative estimate of drug-likeness (QED) is 0.495. The average Bonchev–Trinajstić information content (AvgIpc) is 3.01. The van der Waals surface area contributed by atoms with Crippen molar-refractivity contribution in [1.29, 1.82) is 0 Å². The number of H-pyrrole nitrogens is 1. The van der Waals surface area contributed by atoms with Crippen LogP contribution in [0.2, 0.25) is 5.15 Å². The van der Waals surface area contributed by atoms with Crippen LogP contribution in [0, 0.1) is 0 Å². The molecule has 0 fully saturated rings. The van der Waals surface area contributed by atoms with Gasteiger partial charge in [-0.25, -0.2) is 5.43 Å². The number of carbonyl (C=O) groups excluding carboxylic acids is 1. The highest BCUT2D eigenvalue weighted by Crippen LogP contribution is 2.36. The van der Waals surface area contributed by atoms with Gasteiger partial charge >= 0.3 is 0 Å². The highest BCUT2D eigenvalue weighted by atomic mass is 35.5. The maximum Gasteiger partial charge on any atom is 0.284 e. The zero-order valence-electron chi connectivity index (χ0n) is 16.5. The van der Waals surface area contributed by atoms with E-state index in [0.717, 1.165) is 16.5 Å². The molecular weight excluding hydrogens is 390 g/mol. The smallest absolute Gasteiger partial charge is 0.284 e. The number of hydrazone groups is 1. The van der Waals surface area contributed by atoms with Crippen molar-refractivity contribution in [1.82, 2.24) is 10.4 Å². The van der Waals surface area contributed by atoms with Gasteiger partial charge in [-0.05, 0) is 29.2 Å². The predicted octanol–water partition coefficient (Wildman–Crippen LogP) is 4.41. The van der Waals surface area contributed by atoms with Crippen molar-refractivity contribution >= 4 is 34.6 Å². The lowest BCUT2D eigenvalue weighted by Gasteiger charge is -2.27. The Hall–Kier alpha value is -2.99. The number of aromatic amines is 1. The Morgan fingerprint density at radius 3 is 2.83 bits per heavy atom. The molecule has 1 aliphatic rings. The first kappa shape index (κ1) is 19.3. The number of aromatic nitrogens is 1. The predicted molar refractivity (Wildman–Crippen MR) is 114 cm³/mol. The van der Waals surface area contributed by atoms with Crippen molar-refractivity contribution in [3.8, 4) is 11.5 Å². The lowest BCUT2D eigenvalue weighted by Crippen LogP contribution is -2.42. The minimum Gasteiger partial charge on any atom is -0.485 e.